The summed E-state index contributed by atoms with van der Waals surface area (Å²) in [5.41, 5.74) is 1.06. The maximum atomic E-state index is 12.3. The van der Waals surface area contributed by atoms with Gasteiger partial charge in [-0.15, -0.1) is 0 Å². The lowest BCUT2D eigenvalue weighted by Crippen LogP contribution is -2.40. The molecule has 1 aromatic rings. The molecular weight excluding hydrogens is 234 g/mol. The van der Waals surface area contributed by atoms with Crippen molar-refractivity contribution in [2.24, 2.45) is 5.10 Å². The molecule has 2 heterocycles. The molecule has 1 atom stereocenters. The summed E-state index contributed by atoms with van der Waals surface area (Å²) in [5.74, 6) is 0.160. The van der Waals surface area contributed by atoms with Crippen LogP contribution in [0.25, 0.3) is 0 Å². The molecule has 0 N–H and O–H groups in total. The first-order valence-corrected chi connectivity index (χ1v) is 6.46. The van der Waals surface area contributed by atoms with Crippen molar-refractivity contribution < 1.29 is 4.79 Å². The molecule has 0 radical (unpaired) electrons. The highest BCUT2D eigenvalue weighted by molar-refractivity contribution is 8.15. The smallest absolute Gasteiger partial charge is 0.246 e. The van der Waals surface area contributed by atoms with Crippen LogP contribution in [0.15, 0.2) is 35.4 Å². The van der Waals surface area contributed by atoms with E-state index in [9.17, 15) is 4.79 Å². The van der Waals surface area contributed by atoms with Gasteiger partial charge in [0.05, 0.1) is 6.54 Å². The van der Waals surface area contributed by atoms with Gasteiger partial charge in [0.1, 0.15) is 5.25 Å². The molecule has 1 aromatic carbocycles. The lowest BCUT2D eigenvalue weighted by atomic mass is 10.1. The Morgan fingerprint density at radius 2 is 2.06 bits per heavy atom. The fraction of sp³-hybridized carbons (Fsp3) is 0.333. The third kappa shape index (κ3) is 1.80. The Bertz CT molecular complexity index is 474. The lowest BCUT2D eigenvalue weighted by molar-refractivity contribution is -0.126. The molecule has 0 aliphatic carbocycles. The van der Waals surface area contributed by atoms with E-state index in [1.165, 1.54) is 0 Å². The van der Waals surface area contributed by atoms with E-state index in [1.807, 2.05) is 42.4 Å². The summed E-state index contributed by atoms with van der Waals surface area (Å²) >= 11 is 1.54. The van der Waals surface area contributed by atoms with Gasteiger partial charge in [0.25, 0.3) is 0 Å². The number of benzene rings is 1. The average Bonchev–Trinajstić information content (AvgIpc) is 2.67. The molecule has 1 fully saturated rings. The van der Waals surface area contributed by atoms with Gasteiger partial charge in [-0.05, 0) is 5.56 Å². The molecule has 1 amide bonds. The van der Waals surface area contributed by atoms with Crippen LogP contribution in [0.3, 0.4) is 0 Å². The molecule has 5 heteroatoms. The second-order valence-electron chi connectivity index (χ2n) is 4.16. The zero-order valence-corrected chi connectivity index (χ0v) is 10.4. The van der Waals surface area contributed by atoms with E-state index >= 15 is 0 Å². The summed E-state index contributed by atoms with van der Waals surface area (Å²) in [6, 6.07) is 9.89. The highest BCUT2D eigenvalue weighted by Crippen LogP contribution is 2.40. The molecule has 0 bridgehead atoms. The molecule has 0 aromatic heterocycles. The van der Waals surface area contributed by atoms with Crippen LogP contribution in [0.2, 0.25) is 0 Å². The highest BCUT2D eigenvalue weighted by Gasteiger charge is 2.40. The molecule has 3 rings (SSSR count). The maximum Gasteiger partial charge on any atom is 0.246 e. The number of likely N-dealkylation sites (N-methyl/N-ethyl adjacent to an activating group) is 1. The molecule has 2 aliphatic heterocycles. The van der Waals surface area contributed by atoms with Crippen molar-refractivity contribution in [3.8, 4) is 0 Å². The number of nitrogens with zero attached hydrogens (tertiary/aromatic N) is 3. The van der Waals surface area contributed by atoms with Gasteiger partial charge in [0.2, 0.25) is 5.91 Å². The number of fused-ring (bicyclic) bond motifs is 1. The van der Waals surface area contributed by atoms with Crippen molar-refractivity contribution in [3.63, 3.8) is 0 Å². The van der Waals surface area contributed by atoms with Crippen LogP contribution in [-0.2, 0) is 4.79 Å². The normalized spacial score (nSPS) is 23.7. The minimum absolute atomic E-state index is 0.124. The SMILES string of the molecule is CN1CCN2C(=O)C(c3ccccc3)SC2=N1. The summed E-state index contributed by atoms with van der Waals surface area (Å²) < 4.78 is 0. The molecular formula is C12H13N3OS. The summed E-state index contributed by atoms with van der Waals surface area (Å²) in [7, 11) is 1.94. The van der Waals surface area contributed by atoms with E-state index in [2.05, 4.69) is 5.10 Å². The van der Waals surface area contributed by atoms with Gasteiger partial charge in [-0.1, -0.05) is 42.1 Å². The van der Waals surface area contributed by atoms with Gasteiger partial charge in [-0.2, -0.15) is 5.10 Å². The molecule has 0 spiro atoms. The van der Waals surface area contributed by atoms with Crippen LogP contribution in [0.1, 0.15) is 10.8 Å². The van der Waals surface area contributed by atoms with E-state index < -0.39 is 0 Å². The Balaban J connectivity index is 1.91. The third-order valence-electron chi connectivity index (χ3n) is 2.95. The van der Waals surface area contributed by atoms with Crippen molar-refractivity contribution in [2.75, 3.05) is 20.1 Å². The summed E-state index contributed by atoms with van der Waals surface area (Å²) in [4.78, 5) is 14.0. The predicted molar refractivity (Wildman–Crippen MR) is 68.6 cm³/mol. The molecule has 1 unspecified atom stereocenters. The van der Waals surface area contributed by atoms with Crippen LogP contribution in [0.5, 0.6) is 0 Å². The minimum atomic E-state index is -0.124. The van der Waals surface area contributed by atoms with Crippen molar-refractivity contribution >= 4 is 22.8 Å². The Kier molecular flexibility index (Phi) is 2.55. The van der Waals surface area contributed by atoms with Gasteiger partial charge in [-0.25, -0.2) is 0 Å². The zero-order chi connectivity index (χ0) is 11.8. The molecule has 4 nitrogen and oxygen atoms in total. The topological polar surface area (TPSA) is 35.9 Å². The van der Waals surface area contributed by atoms with Crippen LogP contribution in [0.4, 0.5) is 0 Å². The second kappa shape index (κ2) is 4.07. The van der Waals surface area contributed by atoms with Crippen LogP contribution < -0.4 is 0 Å². The molecule has 1 saturated heterocycles. The summed E-state index contributed by atoms with van der Waals surface area (Å²) in [6.45, 7) is 1.54. The van der Waals surface area contributed by atoms with E-state index in [4.69, 9.17) is 0 Å². The molecule has 88 valence electrons. The first-order chi connectivity index (χ1) is 8.25. The first-order valence-electron chi connectivity index (χ1n) is 5.58. The number of amidine groups is 1. The Morgan fingerprint density at radius 1 is 1.29 bits per heavy atom. The number of hydrazone groups is 1. The Morgan fingerprint density at radius 3 is 2.82 bits per heavy atom. The van der Waals surface area contributed by atoms with E-state index in [1.54, 1.807) is 16.7 Å². The van der Waals surface area contributed by atoms with Crippen LogP contribution in [0, 0.1) is 0 Å². The molecule has 17 heavy (non-hydrogen) atoms. The highest BCUT2D eigenvalue weighted by atomic mass is 32.2. The van der Waals surface area contributed by atoms with Gasteiger partial charge >= 0.3 is 0 Å². The van der Waals surface area contributed by atoms with Crippen molar-refractivity contribution in [3.05, 3.63) is 35.9 Å². The number of rotatable bonds is 1. The summed E-state index contributed by atoms with van der Waals surface area (Å²) in [5, 5.41) is 6.98. The quantitative estimate of drug-likeness (QED) is 0.755. The van der Waals surface area contributed by atoms with Crippen LogP contribution >= 0.6 is 11.8 Å². The fourth-order valence-corrected chi connectivity index (χ4v) is 3.24. The monoisotopic (exact) mass is 247 g/mol. The largest absolute Gasteiger partial charge is 0.296 e. The number of amides is 1. The second-order valence-corrected chi connectivity index (χ2v) is 5.23. The van der Waals surface area contributed by atoms with E-state index in [0.29, 0.717) is 0 Å². The number of carbonyl (C=O) groups excluding carboxylic acids is 1. The lowest BCUT2D eigenvalue weighted by Gasteiger charge is -2.25. The number of carbonyl (C=O) groups is 1. The number of hydrogen-bond donors (Lipinski definition) is 0. The average molecular weight is 247 g/mol. The number of hydrogen-bond acceptors (Lipinski definition) is 4. The van der Waals surface area contributed by atoms with Crippen molar-refractivity contribution in [1.29, 1.82) is 0 Å². The van der Waals surface area contributed by atoms with Crippen molar-refractivity contribution in [1.82, 2.24) is 9.91 Å². The molecule has 2 aliphatic rings. The van der Waals surface area contributed by atoms with Gasteiger partial charge < -0.3 is 0 Å². The maximum absolute atomic E-state index is 12.3. The van der Waals surface area contributed by atoms with E-state index in [0.717, 1.165) is 23.8 Å². The minimum Gasteiger partial charge on any atom is -0.296 e. The van der Waals surface area contributed by atoms with Crippen LogP contribution in [-0.4, -0.2) is 41.1 Å². The number of thioether (sulfide) groups is 1. The predicted octanol–water partition coefficient (Wildman–Crippen LogP) is 1.52. The van der Waals surface area contributed by atoms with Gasteiger partial charge in [-0.3, -0.25) is 14.7 Å². The standard InChI is InChI=1S/C12H13N3OS/c1-14-7-8-15-11(16)10(17-12(15)13-14)9-5-3-2-4-6-9/h2-6,10H,7-8H2,1H3. The Labute approximate surface area is 104 Å². The van der Waals surface area contributed by atoms with Crippen molar-refractivity contribution in [2.45, 2.75) is 5.25 Å². The van der Waals surface area contributed by atoms with E-state index in [-0.39, 0.29) is 11.2 Å². The fourth-order valence-electron chi connectivity index (χ4n) is 2.02. The van der Waals surface area contributed by atoms with Gasteiger partial charge in [0.15, 0.2) is 5.17 Å². The molecule has 0 saturated carbocycles. The van der Waals surface area contributed by atoms with Gasteiger partial charge in [0, 0.05) is 13.6 Å². The Hall–Kier alpha value is -1.49. The zero-order valence-electron chi connectivity index (χ0n) is 9.54. The third-order valence-corrected chi connectivity index (χ3v) is 4.17. The summed E-state index contributed by atoms with van der Waals surface area (Å²) in [6.07, 6.45) is 0. The first kappa shape index (κ1) is 10.7.